The second-order valence-electron chi connectivity index (χ2n) is 6.66. The lowest BCUT2D eigenvalue weighted by molar-refractivity contribution is 0.270. The van der Waals surface area contributed by atoms with Crippen LogP contribution in [0.1, 0.15) is 11.1 Å². The highest BCUT2D eigenvalue weighted by molar-refractivity contribution is 5.67. The second kappa shape index (κ2) is 7.68. The first-order valence-corrected chi connectivity index (χ1v) is 9.14. The standard InChI is InChI=1S/C22H23N3O2/c1-16-6-2-4-8-19(16)20-13-22(25(24-20)10-11-26)23-14-17-12-18-7-3-5-9-21(18)27-15-17/h2-9,12-13,23,26H,10-11,14-15H2,1H3. The molecule has 5 heteroatoms. The second-order valence-corrected chi connectivity index (χ2v) is 6.66. The number of para-hydroxylation sites is 1. The fourth-order valence-corrected chi connectivity index (χ4v) is 3.29. The zero-order chi connectivity index (χ0) is 18.6. The van der Waals surface area contributed by atoms with E-state index in [1.54, 1.807) is 0 Å². The molecule has 0 atom stereocenters. The highest BCUT2D eigenvalue weighted by Crippen LogP contribution is 2.27. The minimum atomic E-state index is 0.0444. The first kappa shape index (κ1) is 17.4. The largest absolute Gasteiger partial charge is 0.489 e. The van der Waals surface area contributed by atoms with Crippen LogP contribution in [0.4, 0.5) is 5.82 Å². The third kappa shape index (κ3) is 3.73. The van der Waals surface area contributed by atoms with Crippen LogP contribution in [0.5, 0.6) is 5.75 Å². The Morgan fingerprint density at radius 1 is 1.15 bits per heavy atom. The number of hydrogen-bond donors (Lipinski definition) is 2. The van der Waals surface area contributed by atoms with E-state index in [2.05, 4.69) is 41.6 Å². The monoisotopic (exact) mass is 361 g/mol. The number of aryl methyl sites for hydroxylation is 1. The summed E-state index contributed by atoms with van der Waals surface area (Å²) in [6.45, 7) is 3.81. The van der Waals surface area contributed by atoms with Crippen LogP contribution in [0.2, 0.25) is 0 Å². The van der Waals surface area contributed by atoms with Gasteiger partial charge in [-0.1, -0.05) is 42.5 Å². The Bertz CT molecular complexity index is 975. The van der Waals surface area contributed by atoms with Crippen LogP contribution in [0, 0.1) is 6.92 Å². The van der Waals surface area contributed by atoms with Gasteiger partial charge in [-0.15, -0.1) is 0 Å². The lowest BCUT2D eigenvalue weighted by atomic mass is 10.1. The van der Waals surface area contributed by atoms with Crippen molar-refractivity contribution < 1.29 is 9.84 Å². The predicted octanol–water partition coefficient (Wildman–Crippen LogP) is 3.74. The summed E-state index contributed by atoms with van der Waals surface area (Å²) in [6, 6.07) is 18.3. The molecule has 4 rings (SSSR count). The predicted molar refractivity (Wildman–Crippen MR) is 108 cm³/mol. The zero-order valence-electron chi connectivity index (χ0n) is 15.4. The van der Waals surface area contributed by atoms with Crippen molar-refractivity contribution in [3.05, 3.63) is 71.3 Å². The molecule has 0 spiro atoms. The summed E-state index contributed by atoms with van der Waals surface area (Å²) < 4.78 is 7.64. The lowest BCUT2D eigenvalue weighted by Crippen LogP contribution is -2.17. The minimum Gasteiger partial charge on any atom is -0.489 e. The number of hydrogen-bond acceptors (Lipinski definition) is 4. The van der Waals surface area contributed by atoms with Crippen molar-refractivity contribution in [3.8, 4) is 17.0 Å². The molecule has 27 heavy (non-hydrogen) atoms. The molecule has 2 N–H and O–H groups in total. The number of nitrogens with zero attached hydrogens (tertiary/aromatic N) is 2. The maximum Gasteiger partial charge on any atom is 0.127 e. The molecule has 0 radical (unpaired) electrons. The van der Waals surface area contributed by atoms with E-state index in [1.165, 1.54) is 11.1 Å². The molecule has 2 heterocycles. The van der Waals surface area contributed by atoms with E-state index in [0.717, 1.165) is 28.4 Å². The molecule has 5 nitrogen and oxygen atoms in total. The molecule has 0 amide bonds. The van der Waals surface area contributed by atoms with E-state index in [-0.39, 0.29) is 6.61 Å². The van der Waals surface area contributed by atoms with Crippen molar-refractivity contribution >= 4 is 11.9 Å². The van der Waals surface area contributed by atoms with Crippen LogP contribution in [-0.2, 0) is 6.54 Å². The molecule has 138 valence electrons. The number of benzene rings is 2. The van der Waals surface area contributed by atoms with Gasteiger partial charge in [-0.3, -0.25) is 0 Å². The SMILES string of the molecule is Cc1ccccc1-c1cc(NCC2=Cc3ccccc3OC2)n(CCO)n1. The van der Waals surface area contributed by atoms with Crippen LogP contribution >= 0.6 is 0 Å². The first-order chi connectivity index (χ1) is 13.2. The summed E-state index contributed by atoms with van der Waals surface area (Å²) in [5, 5.41) is 17.5. The molecule has 1 aliphatic rings. The molecule has 0 bridgehead atoms. The van der Waals surface area contributed by atoms with E-state index < -0.39 is 0 Å². The van der Waals surface area contributed by atoms with E-state index >= 15 is 0 Å². The number of aromatic nitrogens is 2. The highest BCUT2D eigenvalue weighted by Gasteiger charge is 2.14. The topological polar surface area (TPSA) is 59.3 Å². The maximum absolute atomic E-state index is 9.38. The van der Waals surface area contributed by atoms with Gasteiger partial charge in [-0.25, -0.2) is 4.68 Å². The Balaban J connectivity index is 1.55. The van der Waals surface area contributed by atoms with Crippen LogP contribution in [0.3, 0.4) is 0 Å². The van der Waals surface area contributed by atoms with Crippen molar-refractivity contribution in [2.75, 3.05) is 25.1 Å². The molecular weight excluding hydrogens is 338 g/mol. The van der Waals surface area contributed by atoms with Crippen molar-refractivity contribution in [2.45, 2.75) is 13.5 Å². The van der Waals surface area contributed by atoms with Crippen molar-refractivity contribution in [2.24, 2.45) is 0 Å². The average Bonchev–Trinajstić information content (AvgIpc) is 3.09. The Morgan fingerprint density at radius 2 is 1.96 bits per heavy atom. The van der Waals surface area contributed by atoms with E-state index in [9.17, 15) is 5.11 Å². The van der Waals surface area contributed by atoms with Crippen LogP contribution < -0.4 is 10.1 Å². The third-order valence-corrected chi connectivity index (χ3v) is 4.70. The minimum absolute atomic E-state index is 0.0444. The molecule has 1 aromatic heterocycles. The zero-order valence-corrected chi connectivity index (χ0v) is 15.4. The Labute approximate surface area is 158 Å². The van der Waals surface area contributed by atoms with Gasteiger partial charge >= 0.3 is 0 Å². The number of ether oxygens (including phenoxy) is 1. The molecule has 2 aromatic carbocycles. The molecule has 1 aliphatic heterocycles. The maximum atomic E-state index is 9.38. The Hall–Kier alpha value is -3.05. The van der Waals surface area contributed by atoms with Crippen LogP contribution in [0.25, 0.3) is 17.3 Å². The van der Waals surface area contributed by atoms with Gasteiger partial charge in [0.05, 0.1) is 18.8 Å². The smallest absolute Gasteiger partial charge is 0.127 e. The number of fused-ring (bicyclic) bond motifs is 1. The summed E-state index contributed by atoms with van der Waals surface area (Å²) in [5.74, 6) is 1.82. The van der Waals surface area contributed by atoms with Crippen molar-refractivity contribution in [1.82, 2.24) is 9.78 Å². The summed E-state index contributed by atoms with van der Waals surface area (Å²) in [6.07, 6.45) is 2.17. The number of nitrogens with one attached hydrogen (secondary N) is 1. The number of aliphatic hydroxyl groups excluding tert-OH is 1. The Morgan fingerprint density at radius 3 is 2.81 bits per heavy atom. The molecular formula is C22H23N3O2. The summed E-state index contributed by atoms with van der Waals surface area (Å²) in [4.78, 5) is 0. The van der Waals surface area contributed by atoms with Gasteiger partial charge in [-0.2, -0.15) is 5.10 Å². The summed E-state index contributed by atoms with van der Waals surface area (Å²) in [5.41, 5.74) is 5.46. The molecule has 0 aliphatic carbocycles. The Kier molecular flexibility index (Phi) is 4.94. The van der Waals surface area contributed by atoms with E-state index in [1.807, 2.05) is 41.1 Å². The quantitative estimate of drug-likeness (QED) is 0.702. The van der Waals surface area contributed by atoms with Gasteiger partial charge in [0, 0.05) is 23.7 Å². The van der Waals surface area contributed by atoms with Crippen molar-refractivity contribution in [3.63, 3.8) is 0 Å². The van der Waals surface area contributed by atoms with Crippen LogP contribution in [0.15, 0.2) is 60.2 Å². The third-order valence-electron chi connectivity index (χ3n) is 4.70. The normalized spacial score (nSPS) is 12.9. The fourth-order valence-electron chi connectivity index (χ4n) is 3.29. The van der Waals surface area contributed by atoms with Gasteiger partial charge in [0.1, 0.15) is 18.2 Å². The molecule has 0 saturated heterocycles. The number of rotatable bonds is 6. The average molecular weight is 361 g/mol. The van der Waals surface area contributed by atoms with Gasteiger partial charge < -0.3 is 15.2 Å². The number of anilines is 1. The van der Waals surface area contributed by atoms with Crippen molar-refractivity contribution in [1.29, 1.82) is 0 Å². The molecule has 0 fully saturated rings. The van der Waals surface area contributed by atoms with Crippen LogP contribution in [-0.4, -0.2) is 34.6 Å². The summed E-state index contributed by atoms with van der Waals surface area (Å²) >= 11 is 0. The lowest BCUT2D eigenvalue weighted by Gasteiger charge is -2.18. The van der Waals surface area contributed by atoms with Gasteiger partial charge in [0.15, 0.2) is 0 Å². The van der Waals surface area contributed by atoms with E-state index in [0.29, 0.717) is 19.7 Å². The van der Waals surface area contributed by atoms with Gasteiger partial charge in [0.25, 0.3) is 0 Å². The highest BCUT2D eigenvalue weighted by atomic mass is 16.5. The van der Waals surface area contributed by atoms with Gasteiger partial charge in [0.2, 0.25) is 0 Å². The number of aliphatic hydroxyl groups is 1. The molecule has 3 aromatic rings. The van der Waals surface area contributed by atoms with Gasteiger partial charge in [-0.05, 0) is 30.2 Å². The summed E-state index contributed by atoms with van der Waals surface area (Å²) in [7, 11) is 0. The molecule has 0 saturated carbocycles. The molecule has 0 unspecified atom stereocenters. The van der Waals surface area contributed by atoms with E-state index in [4.69, 9.17) is 4.74 Å². The first-order valence-electron chi connectivity index (χ1n) is 9.14. The fraction of sp³-hybridized carbons (Fsp3) is 0.227.